The zero-order valence-electron chi connectivity index (χ0n) is 11.0. The molecule has 0 amide bonds. The molecule has 0 aliphatic rings. The van der Waals surface area contributed by atoms with Gasteiger partial charge in [-0.3, -0.25) is 9.78 Å². The predicted octanol–water partition coefficient (Wildman–Crippen LogP) is 3.81. The minimum atomic E-state index is -0.283. The van der Waals surface area contributed by atoms with E-state index in [1.807, 2.05) is 37.3 Å². The van der Waals surface area contributed by atoms with E-state index in [2.05, 4.69) is 11.6 Å². The van der Waals surface area contributed by atoms with Crippen molar-refractivity contribution < 1.29 is 9.53 Å². The van der Waals surface area contributed by atoms with Crippen LogP contribution in [-0.2, 0) is 9.53 Å². The van der Waals surface area contributed by atoms with Crippen LogP contribution in [0.15, 0.2) is 49.2 Å². The molecule has 2 aromatic rings. The molecule has 0 saturated carbocycles. The van der Waals surface area contributed by atoms with Crippen molar-refractivity contribution in [1.29, 1.82) is 0 Å². The predicted molar refractivity (Wildman–Crippen MR) is 75.7 cm³/mol. The number of aromatic nitrogens is 1. The molecule has 0 spiro atoms. The molecule has 0 radical (unpaired) electrons. The molecule has 1 heterocycles. The van der Waals surface area contributed by atoms with Crippen molar-refractivity contribution in [3.05, 3.63) is 54.7 Å². The van der Waals surface area contributed by atoms with E-state index >= 15 is 0 Å². The number of pyridine rings is 1. The number of rotatable bonds is 5. The molecular formula is C16H17NO2. The topological polar surface area (TPSA) is 39.2 Å². The SMILES string of the molecule is C=CCCC(=O)OC(C)c1cnc2ccccc2c1. The van der Waals surface area contributed by atoms with Gasteiger partial charge in [-0.15, -0.1) is 6.58 Å². The quantitative estimate of drug-likeness (QED) is 0.602. The number of carbonyl (C=O) groups excluding carboxylic acids is 1. The van der Waals surface area contributed by atoms with Gasteiger partial charge in [0.25, 0.3) is 0 Å². The minimum Gasteiger partial charge on any atom is -0.458 e. The van der Waals surface area contributed by atoms with E-state index in [1.165, 1.54) is 0 Å². The van der Waals surface area contributed by atoms with Crippen LogP contribution in [0.5, 0.6) is 0 Å². The summed E-state index contributed by atoms with van der Waals surface area (Å²) in [5.41, 5.74) is 1.85. The summed E-state index contributed by atoms with van der Waals surface area (Å²) in [6, 6.07) is 9.88. The second kappa shape index (κ2) is 6.14. The van der Waals surface area contributed by atoms with E-state index in [9.17, 15) is 4.79 Å². The molecule has 19 heavy (non-hydrogen) atoms. The van der Waals surface area contributed by atoms with Gasteiger partial charge in [0.15, 0.2) is 0 Å². The van der Waals surface area contributed by atoms with E-state index in [1.54, 1.807) is 12.3 Å². The molecule has 0 bridgehead atoms. The van der Waals surface area contributed by atoms with E-state index in [0.717, 1.165) is 16.5 Å². The fourth-order valence-corrected chi connectivity index (χ4v) is 1.85. The molecule has 0 fully saturated rings. The number of hydrogen-bond donors (Lipinski definition) is 0. The molecule has 3 nitrogen and oxygen atoms in total. The maximum atomic E-state index is 11.6. The van der Waals surface area contributed by atoms with Crippen LogP contribution < -0.4 is 0 Å². The Morgan fingerprint density at radius 3 is 3.05 bits per heavy atom. The lowest BCUT2D eigenvalue weighted by atomic mass is 10.1. The molecule has 1 aromatic carbocycles. The Morgan fingerprint density at radius 2 is 2.26 bits per heavy atom. The normalized spacial score (nSPS) is 12.1. The van der Waals surface area contributed by atoms with Crippen molar-refractivity contribution in [2.24, 2.45) is 0 Å². The first-order valence-electron chi connectivity index (χ1n) is 6.36. The summed E-state index contributed by atoms with van der Waals surface area (Å²) in [5, 5.41) is 1.05. The van der Waals surface area contributed by atoms with E-state index in [0.29, 0.717) is 12.8 Å². The number of allylic oxidation sites excluding steroid dienone is 1. The molecule has 1 aromatic heterocycles. The molecule has 0 saturated heterocycles. The smallest absolute Gasteiger partial charge is 0.306 e. The number of para-hydroxylation sites is 1. The highest BCUT2D eigenvalue weighted by Crippen LogP contribution is 2.21. The van der Waals surface area contributed by atoms with Crippen LogP contribution in [0.2, 0.25) is 0 Å². The summed E-state index contributed by atoms with van der Waals surface area (Å²) in [6.07, 6.45) is 4.20. The first kappa shape index (κ1) is 13.3. The van der Waals surface area contributed by atoms with Crippen LogP contribution in [0.3, 0.4) is 0 Å². The highest BCUT2D eigenvalue weighted by Gasteiger charge is 2.12. The molecule has 3 heteroatoms. The van der Waals surface area contributed by atoms with Gasteiger partial charge in [-0.1, -0.05) is 24.3 Å². The standard InChI is InChI=1S/C16H17NO2/c1-3-4-9-16(18)19-12(2)14-10-13-7-5-6-8-15(13)17-11-14/h3,5-8,10-12H,1,4,9H2,2H3. The summed E-state index contributed by atoms with van der Waals surface area (Å²) in [4.78, 5) is 15.9. The van der Waals surface area contributed by atoms with Gasteiger partial charge in [0.2, 0.25) is 0 Å². The van der Waals surface area contributed by atoms with Crippen molar-refractivity contribution in [2.75, 3.05) is 0 Å². The van der Waals surface area contributed by atoms with E-state index in [-0.39, 0.29) is 12.1 Å². The first-order valence-corrected chi connectivity index (χ1v) is 6.36. The molecule has 2 rings (SSSR count). The van der Waals surface area contributed by atoms with Gasteiger partial charge in [0.1, 0.15) is 6.10 Å². The number of hydrogen-bond acceptors (Lipinski definition) is 3. The number of ether oxygens (including phenoxy) is 1. The Kier molecular flexibility index (Phi) is 4.29. The number of fused-ring (bicyclic) bond motifs is 1. The van der Waals surface area contributed by atoms with Gasteiger partial charge in [-0.05, 0) is 25.5 Å². The summed E-state index contributed by atoms with van der Waals surface area (Å²) in [6.45, 7) is 5.45. The fourth-order valence-electron chi connectivity index (χ4n) is 1.85. The van der Waals surface area contributed by atoms with E-state index in [4.69, 9.17) is 4.74 Å². The Balaban J connectivity index is 2.10. The monoisotopic (exact) mass is 255 g/mol. The fraction of sp³-hybridized carbons (Fsp3) is 0.250. The Labute approximate surface area is 112 Å². The van der Waals surface area contributed by atoms with Gasteiger partial charge in [0, 0.05) is 23.6 Å². The van der Waals surface area contributed by atoms with Gasteiger partial charge in [0.05, 0.1) is 5.52 Å². The van der Waals surface area contributed by atoms with Crippen molar-refractivity contribution in [2.45, 2.75) is 25.9 Å². The van der Waals surface area contributed by atoms with E-state index < -0.39 is 0 Å². The van der Waals surface area contributed by atoms with Crippen molar-refractivity contribution in [1.82, 2.24) is 4.98 Å². The van der Waals surface area contributed by atoms with Gasteiger partial charge >= 0.3 is 5.97 Å². The number of esters is 1. The van der Waals surface area contributed by atoms with Gasteiger partial charge in [-0.2, -0.15) is 0 Å². The average Bonchev–Trinajstić information content (AvgIpc) is 2.44. The van der Waals surface area contributed by atoms with Gasteiger partial charge < -0.3 is 4.74 Å². The lowest BCUT2D eigenvalue weighted by Crippen LogP contribution is -2.08. The molecule has 0 aliphatic carbocycles. The lowest BCUT2D eigenvalue weighted by Gasteiger charge is -2.13. The van der Waals surface area contributed by atoms with Crippen LogP contribution in [0, 0.1) is 0 Å². The minimum absolute atomic E-state index is 0.208. The second-order valence-corrected chi connectivity index (χ2v) is 4.42. The average molecular weight is 255 g/mol. The highest BCUT2D eigenvalue weighted by molar-refractivity contribution is 5.79. The first-order chi connectivity index (χ1) is 9.20. The Morgan fingerprint density at radius 1 is 1.47 bits per heavy atom. The molecule has 1 atom stereocenters. The summed E-state index contributed by atoms with van der Waals surface area (Å²) in [7, 11) is 0. The van der Waals surface area contributed by atoms with Crippen molar-refractivity contribution in [3.63, 3.8) is 0 Å². The molecule has 0 N–H and O–H groups in total. The van der Waals surface area contributed by atoms with Gasteiger partial charge in [-0.25, -0.2) is 0 Å². The summed E-state index contributed by atoms with van der Waals surface area (Å²) in [5.74, 6) is -0.208. The second-order valence-electron chi connectivity index (χ2n) is 4.42. The summed E-state index contributed by atoms with van der Waals surface area (Å²) >= 11 is 0. The maximum Gasteiger partial charge on any atom is 0.306 e. The van der Waals surface area contributed by atoms with Crippen LogP contribution >= 0.6 is 0 Å². The van der Waals surface area contributed by atoms with Crippen molar-refractivity contribution >= 4 is 16.9 Å². The highest BCUT2D eigenvalue weighted by atomic mass is 16.5. The molecule has 98 valence electrons. The maximum absolute atomic E-state index is 11.6. The molecule has 1 unspecified atom stereocenters. The number of carbonyl (C=O) groups is 1. The largest absolute Gasteiger partial charge is 0.458 e. The Hall–Kier alpha value is -2.16. The van der Waals surface area contributed by atoms with Crippen LogP contribution in [0.1, 0.15) is 31.4 Å². The third-order valence-corrected chi connectivity index (χ3v) is 2.94. The third kappa shape index (κ3) is 3.41. The Bertz CT molecular complexity index is 592. The summed E-state index contributed by atoms with van der Waals surface area (Å²) < 4.78 is 5.36. The number of nitrogens with zero attached hydrogens (tertiary/aromatic N) is 1. The lowest BCUT2D eigenvalue weighted by molar-refractivity contribution is -0.148. The number of benzene rings is 1. The molecule has 0 aliphatic heterocycles. The zero-order valence-corrected chi connectivity index (χ0v) is 11.0. The van der Waals surface area contributed by atoms with Crippen LogP contribution in [-0.4, -0.2) is 11.0 Å². The van der Waals surface area contributed by atoms with Crippen LogP contribution in [0.4, 0.5) is 0 Å². The van der Waals surface area contributed by atoms with Crippen molar-refractivity contribution in [3.8, 4) is 0 Å². The third-order valence-electron chi connectivity index (χ3n) is 2.94. The zero-order chi connectivity index (χ0) is 13.7. The molecular weight excluding hydrogens is 238 g/mol. The van der Waals surface area contributed by atoms with Crippen LogP contribution in [0.25, 0.3) is 10.9 Å².